The van der Waals surface area contributed by atoms with E-state index in [1.54, 1.807) is 5.57 Å². The molecule has 0 spiro atoms. The normalized spacial score (nSPS) is 20.9. The molecule has 0 heterocycles. The van der Waals surface area contributed by atoms with Crippen LogP contribution in [-0.4, -0.2) is 25.5 Å². The van der Waals surface area contributed by atoms with Gasteiger partial charge in [0.05, 0.1) is 0 Å². The van der Waals surface area contributed by atoms with Gasteiger partial charge in [-0.15, -0.1) is 0 Å². The highest BCUT2D eigenvalue weighted by Crippen LogP contribution is 2.29. The molecule has 0 radical (unpaired) electrons. The van der Waals surface area contributed by atoms with Crippen LogP contribution in [0.3, 0.4) is 0 Å². The third kappa shape index (κ3) is 2.96. The molecule has 0 saturated heterocycles. The van der Waals surface area contributed by atoms with E-state index in [1.165, 1.54) is 31.4 Å². The summed E-state index contributed by atoms with van der Waals surface area (Å²) >= 11 is 0. The third-order valence-electron chi connectivity index (χ3n) is 3.20. The van der Waals surface area contributed by atoms with E-state index in [0.29, 0.717) is 0 Å². The molecule has 1 unspecified atom stereocenters. The lowest BCUT2D eigenvalue weighted by Crippen LogP contribution is -2.22. The van der Waals surface area contributed by atoms with Crippen molar-refractivity contribution in [3.05, 3.63) is 42.0 Å². The first-order valence-electron chi connectivity index (χ1n) is 6.16. The van der Waals surface area contributed by atoms with Crippen LogP contribution in [0.15, 0.2) is 36.4 Å². The summed E-state index contributed by atoms with van der Waals surface area (Å²) in [6.45, 7) is 1.18. The second-order valence-electron chi connectivity index (χ2n) is 4.97. The molecule has 86 valence electrons. The molecule has 2 rings (SSSR count). The first-order valence-corrected chi connectivity index (χ1v) is 6.16. The Balaban J connectivity index is 2.12. The summed E-state index contributed by atoms with van der Waals surface area (Å²) in [5.41, 5.74) is 2.95. The molecular formula is C15H21N. The van der Waals surface area contributed by atoms with Gasteiger partial charge in [-0.1, -0.05) is 36.4 Å². The molecule has 1 aliphatic rings. The largest absolute Gasteiger partial charge is 0.309 e. The monoisotopic (exact) mass is 215 g/mol. The Morgan fingerprint density at radius 1 is 1.19 bits per heavy atom. The number of allylic oxidation sites excluding steroid dienone is 1. The average molecular weight is 215 g/mol. The Morgan fingerprint density at radius 2 is 1.94 bits per heavy atom. The van der Waals surface area contributed by atoms with E-state index in [0.717, 1.165) is 5.92 Å². The Labute approximate surface area is 98.8 Å². The summed E-state index contributed by atoms with van der Waals surface area (Å²) in [5.74, 6) is 0.735. The second-order valence-corrected chi connectivity index (χ2v) is 4.97. The molecule has 0 amide bonds. The minimum absolute atomic E-state index is 0.735. The fraction of sp³-hybridized carbons (Fsp3) is 0.467. The Morgan fingerprint density at radius 3 is 2.62 bits per heavy atom. The Bertz CT molecular complexity index is 351. The molecule has 0 aromatic heterocycles. The van der Waals surface area contributed by atoms with E-state index in [1.807, 2.05) is 0 Å². The van der Waals surface area contributed by atoms with Crippen LogP contribution < -0.4 is 0 Å². The van der Waals surface area contributed by atoms with E-state index < -0.39 is 0 Å². The molecule has 0 fully saturated rings. The molecular weight excluding hydrogens is 194 g/mol. The van der Waals surface area contributed by atoms with Crippen LogP contribution >= 0.6 is 0 Å². The number of hydrogen-bond acceptors (Lipinski definition) is 1. The van der Waals surface area contributed by atoms with Crippen molar-refractivity contribution >= 4 is 5.57 Å². The van der Waals surface area contributed by atoms with Gasteiger partial charge >= 0.3 is 0 Å². The molecule has 0 saturated carbocycles. The van der Waals surface area contributed by atoms with Gasteiger partial charge in [0.15, 0.2) is 0 Å². The maximum atomic E-state index is 2.48. The minimum atomic E-state index is 0.735. The topological polar surface area (TPSA) is 3.24 Å². The lowest BCUT2D eigenvalue weighted by Gasteiger charge is -2.24. The van der Waals surface area contributed by atoms with Gasteiger partial charge < -0.3 is 4.90 Å². The van der Waals surface area contributed by atoms with Gasteiger partial charge in [-0.3, -0.25) is 0 Å². The van der Waals surface area contributed by atoms with Crippen molar-refractivity contribution in [1.29, 1.82) is 0 Å². The molecule has 1 heteroatoms. The van der Waals surface area contributed by atoms with Crippen molar-refractivity contribution < 1.29 is 0 Å². The summed E-state index contributed by atoms with van der Waals surface area (Å²) in [7, 11) is 4.31. The van der Waals surface area contributed by atoms with E-state index >= 15 is 0 Å². The van der Waals surface area contributed by atoms with Gasteiger partial charge in [0.25, 0.3) is 0 Å². The highest BCUT2D eigenvalue weighted by molar-refractivity contribution is 5.66. The maximum Gasteiger partial charge on any atom is 0.00384 e. The standard InChI is InChI=1S/C15H21N/c1-16(2)12-13-7-6-10-15(11-13)14-8-4-3-5-9-14/h3-5,8-9,11,13H,6-7,10,12H2,1-2H3. The average Bonchev–Trinajstić information content (AvgIpc) is 2.30. The van der Waals surface area contributed by atoms with Gasteiger partial charge in [0.2, 0.25) is 0 Å². The van der Waals surface area contributed by atoms with Crippen molar-refractivity contribution in [2.24, 2.45) is 5.92 Å². The first-order chi connectivity index (χ1) is 7.75. The second kappa shape index (κ2) is 5.31. The number of hydrogen-bond donors (Lipinski definition) is 0. The summed E-state index contributed by atoms with van der Waals surface area (Å²) in [5, 5.41) is 0. The predicted molar refractivity (Wildman–Crippen MR) is 70.3 cm³/mol. The smallest absolute Gasteiger partial charge is 0.00384 e. The van der Waals surface area contributed by atoms with E-state index in [2.05, 4.69) is 55.4 Å². The zero-order valence-electron chi connectivity index (χ0n) is 10.3. The summed E-state index contributed by atoms with van der Waals surface area (Å²) < 4.78 is 0. The summed E-state index contributed by atoms with van der Waals surface area (Å²) in [6.07, 6.45) is 6.40. The van der Waals surface area contributed by atoms with Gasteiger partial charge in [-0.05, 0) is 50.4 Å². The fourth-order valence-corrected chi connectivity index (χ4v) is 2.51. The SMILES string of the molecule is CN(C)CC1C=C(c2ccccc2)CCC1. The van der Waals surface area contributed by atoms with Gasteiger partial charge in [-0.25, -0.2) is 0 Å². The van der Waals surface area contributed by atoms with Crippen LogP contribution in [0.2, 0.25) is 0 Å². The molecule has 1 aromatic carbocycles. The van der Waals surface area contributed by atoms with E-state index in [9.17, 15) is 0 Å². The van der Waals surface area contributed by atoms with Crippen LogP contribution in [0, 0.1) is 5.92 Å². The molecule has 0 aliphatic heterocycles. The number of nitrogens with zero attached hydrogens (tertiary/aromatic N) is 1. The van der Waals surface area contributed by atoms with E-state index in [-0.39, 0.29) is 0 Å². The maximum absolute atomic E-state index is 2.48. The van der Waals surface area contributed by atoms with Crippen molar-refractivity contribution in [3.8, 4) is 0 Å². The number of rotatable bonds is 3. The zero-order valence-corrected chi connectivity index (χ0v) is 10.3. The molecule has 1 aliphatic carbocycles. The quantitative estimate of drug-likeness (QED) is 0.746. The fourth-order valence-electron chi connectivity index (χ4n) is 2.51. The summed E-state index contributed by atoms with van der Waals surface area (Å²) in [6, 6.07) is 10.8. The van der Waals surface area contributed by atoms with Crippen molar-refractivity contribution in [1.82, 2.24) is 4.90 Å². The molecule has 1 nitrogen and oxygen atoms in total. The van der Waals surface area contributed by atoms with Crippen LogP contribution in [0.25, 0.3) is 5.57 Å². The van der Waals surface area contributed by atoms with Crippen molar-refractivity contribution in [2.45, 2.75) is 19.3 Å². The zero-order chi connectivity index (χ0) is 11.4. The third-order valence-corrected chi connectivity index (χ3v) is 3.20. The highest BCUT2D eigenvalue weighted by Gasteiger charge is 2.14. The molecule has 1 atom stereocenters. The van der Waals surface area contributed by atoms with Crippen LogP contribution in [-0.2, 0) is 0 Å². The van der Waals surface area contributed by atoms with Crippen LogP contribution in [0.4, 0.5) is 0 Å². The van der Waals surface area contributed by atoms with Crippen molar-refractivity contribution in [2.75, 3.05) is 20.6 Å². The first kappa shape index (κ1) is 11.4. The lowest BCUT2D eigenvalue weighted by atomic mass is 9.87. The van der Waals surface area contributed by atoms with Gasteiger partial charge in [0.1, 0.15) is 0 Å². The number of benzene rings is 1. The summed E-state index contributed by atoms with van der Waals surface area (Å²) in [4.78, 5) is 2.29. The van der Waals surface area contributed by atoms with Crippen LogP contribution in [0.5, 0.6) is 0 Å². The molecule has 0 bridgehead atoms. The van der Waals surface area contributed by atoms with Gasteiger partial charge in [-0.2, -0.15) is 0 Å². The molecule has 1 aromatic rings. The molecule has 16 heavy (non-hydrogen) atoms. The van der Waals surface area contributed by atoms with Crippen LogP contribution in [0.1, 0.15) is 24.8 Å². The molecule has 0 N–H and O–H groups in total. The van der Waals surface area contributed by atoms with Crippen molar-refractivity contribution in [3.63, 3.8) is 0 Å². The highest BCUT2D eigenvalue weighted by atomic mass is 15.1. The van der Waals surface area contributed by atoms with E-state index in [4.69, 9.17) is 0 Å². The lowest BCUT2D eigenvalue weighted by molar-refractivity contribution is 0.341. The Kier molecular flexibility index (Phi) is 3.79. The predicted octanol–water partition coefficient (Wildman–Crippen LogP) is 3.43. The van der Waals surface area contributed by atoms with Gasteiger partial charge in [0, 0.05) is 6.54 Å². The minimum Gasteiger partial charge on any atom is -0.309 e. The Hall–Kier alpha value is -1.08.